The van der Waals surface area contributed by atoms with Gasteiger partial charge in [-0.25, -0.2) is 4.79 Å². The predicted molar refractivity (Wildman–Crippen MR) is 82.8 cm³/mol. The summed E-state index contributed by atoms with van der Waals surface area (Å²) in [5.41, 5.74) is 0. The van der Waals surface area contributed by atoms with Crippen LogP contribution < -0.4 is 5.32 Å². The number of nitrogens with one attached hydrogen (secondary N) is 1. The van der Waals surface area contributed by atoms with E-state index in [1.807, 2.05) is 13.8 Å². The van der Waals surface area contributed by atoms with Gasteiger partial charge in [-0.2, -0.15) is 4.98 Å². The number of aliphatic carboxylic acids is 1. The molecule has 1 heterocycles. The van der Waals surface area contributed by atoms with Gasteiger partial charge in [-0.1, -0.05) is 38.3 Å². The number of carbonyl (C=O) groups is 2. The molecule has 1 aliphatic rings. The lowest BCUT2D eigenvalue weighted by Crippen LogP contribution is -2.45. The molecule has 23 heavy (non-hydrogen) atoms. The van der Waals surface area contributed by atoms with Gasteiger partial charge >= 0.3 is 5.97 Å². The summed E-state index contributed by atoms with van der Waals surface area (Å²) in [5.74, 6) is 0.127. The second-order valence-corrected chi connectivity index (χ2v) is 6.30. The zero-order valence-electron chi connectivity index (χ0n) is 13.7. The SMILES string of the molecule is CCC(C)C(NC(=O)CCc1nc(C2CCCC2)no1)C(=O)O. The molecule has 2 atom stereocenters. The number of hydrogen-bond acceptors (Lipinski definition) is 5. The predicted octanol–water partition coefficient (Wildman–Crippen LogP) is 2.28. The average molecular weight is 323 g/mol. The summed E-state index contributed by atoms with van der Waals surface area (Å²) in [7, 11) is 0. The van der Waals surface area contributed by atoms with Gasteiger partial charge in [0.2, 0.25) is 11.8 Å². The molecule has 1 fully saturated rings. The van der Waals surface area contributed by atoms with Crippen LogP contribution in [0.2, 0.25) is 0 Å². The largest absolute Gasteiger partial charge is 0.480 e. The summed E-state index contributed by atoms with van der Waals surface area (Å²) in [5, 5.41) is 15.7. The van der Waals surface area contributed by atoms with Crippen molar-refractivity contribution in [3.63, 3.8) is 0 Å². The molecule has 7 heteroatoms. The Morgan fingerprint density at radius 2 is 2.09 bits per heavy atom. The molecule has 0 spiro atoms. The van der Waals surface area contributed by atoms with Crippen molar-refractivity contribution in [3.8, 4) is 0 Å². The van der Waals surface area contributed by atoms with Gasteiger partial charge in [0.1, 0.15) is 6.04 Å². The topological polar surface area (TPSA) is 105 Å². The van der Waals surface area contributed by atoms with E-state index in [-0.39, 0.29) is 18.2 Å². The van der Waals surface area contributed by atoms with E-state index < -0.39 is 12.0 Å². The van der Waals surface area contributed by atoms with Gasteiger partial charge in [0.25, 0.3) is 0 Å². The molecule has 1 aromatic heterocycles. The monoisotopic (exact) mass is 323 g/mol. The van der Waals surface area contributed by atoms with Gasteiger partial charge in [0, 0.05) is 18.8 Å². The Balaban J connectivity index is 1.82. The lowest BCUT2D eigenvalue weighted by molar-refractivity contribution is -0.143. The van der Waals surface area contributed by atoms with Crippen LogP contribution in [0.15, 0.2) is 4.52 Å². The fourth-order valence-electron chi connectivity index (χ4n) is 2.87. The maximum absolute atomic E-state index is 12.0. The Kier molecular flexibility index (Phi) is 6.12. The van der Waals surface area contributed by atoms with Crippen molar-refractivity contribution in [1.82, 2.24) is 15.5 Å². The Hall–Kier alpha value is -1.92. The molecule has 2 N–H and O–H groups in total. The summed E-state index contributed by atoms with van der Waals surface area (Å²) in [6, 6.07) is -0.857. The molecule has 128 valence electrons. The number of aryl methyl sites for hydroxylation is 1. The standard InChI is InChI=1S/C16H25N3O4/c1-3-10(2)14(16(21)22)17-12(20)8-9-13-18-15(19-23-13)11-6-4-5-7-11/h10-11,14H,3-9H2,1-2H3,(H,17,20)(H,21,22). The number of carboxylic acids is 1. The Bertz CT molecular complexity index is 537. The lowest BCUT2D eigenvalue weighted by atomic mass is 9.99. The van der Waals surface area contributed by atoms with E-state index in [0.29, 0.717) is 24.7 Å². The van der Waals surface area contributed by atoms with E-state index in [9.17, 15) is 14.7 Å². The van der Waals surface area contributed by atoms with Crippen LogP contribution >= 0.6 is 0 Å². The van der Waals surface area contributed by atoms with Crippen LogP contribution in [-0.4, -0.2) is 33.2 Å². The highest BCUT2D eigenvalue weighted by Gasteiger charge is 2.26. The number of aromatic nitrogens is 2. The van der Waals surface area contributed by atoms with Crippen molar-refractivity contribution in [3.05, 3.63) is 11.7 Å². The van der Waals surface area contributed by atoms with Gasteiger partial charge in [0.15, 0.2) is 5.82 Å². The van der Waals surface area contributed by atoms with Crippen molar-refractivity contribution >= 4 is 11.9 Å². The first-order chi connectivity index (χ1) is 11.0. The average Bonchev–Trinajstić information content (AvgIpc) is 3.20. The summed E-state index contributed by atoms with van der Waals surface area (Å²) in [6.45, 7) is 3.71. The zero-order chi connectivity index (χ0) is 16.8. The third-order valence-electron chi connectivity index (χ3n) is 4.57. The van der Waals surface area contributed by atoms with Crippen molar-refractivity contribution in [2.75, 3.05) is 0 Å². The molecule has 2 rings (SSSR count). The van der Waals surface area contributed by atoms with E-state index in [0.717, 1.165) is 18.7 Å². The lowest BCUT2D eigenvalue weighted by Gasteiger charge is -2.19. The molecule has 1 saturated carbocycles. The number of rotatable bonds is 8. The Morgan fingerprint density at radius 3 is 2.70 bits per heavy atom. The van der Waals surface area contributed by atoms with E-state index in [1.54, 1.807) is 0 Å². The van der Waals surface area contributed by atoms with Crippen LogP contribution in [0.1, 0.15) is 70.0 Å². The minimum atomic E-state index is -1.01. The van der Waals surface area contributed by atoms with Crippen molar-refractivity contribution in [2.24, 2.45) is 5.92 Å². The Morgan fingerprint density at radius 1 is 1.39 bits per heavy atom. The van der Waals surface area contributed by atoms with E-state index in [1.165, 1.54) is 12.8 Å². The maximum Gasteiger partial charge on any atom is 0.326 e. The minimum absolute atomic E-state index is 0.117. The van der Waals surface area contributed by atoms with E-state index in [4.69, 9.17) is 4.52 Å². The van der Waals surface area contributed by atoms with Gasteiger partial charge in [-0.15, -0.1) is 0 Å². The van der Waals surface area contributed by atoms with Crippen LogP contribution in [0.4, 0.5) is 0 Å². The molecule has 1 amide bonds. The molecule has 2 unspecified atom stereocenters. The number of amides is 1. The third-order valence-corrected chi connectivity index (χ3v) is 4.57. The smallest absolute Gasteiger partial charge is 0.326 e. The number of carbonyl (C=O) groups excluding carboxylic acids is 1. The second kappa shape index (κ2) is 8.08. The molecule has 1 aromatic rings. The van der Waals surface area contributed by atoms with Crippen molar-refractivity contribution < 1.29 is 19.2 Å². The van der Waals surface area contributed by atoms with Gasteiger partial charge in [-0.05, 0) is 18.8 Å². The van der Waals surface area contributed by atoms with Gasteiger partial charge < -0.3 is 14.9 Å². The van der Waals surface area contributed by atoms with Crippen LogP contribution in [0.25, 0.3) is 0 Å². The van der Waals surface area contributed by atoms with Crippen LogP contribution in [0, 0.1) is 5.92 Å². The van der Waals surface area contributed by atoms with E-state index in [2.05, 4.69) is 15.5 Å². The summed E-state index contributed by atoms with van der Waals surface area (Å²) < 4.78 is 5.19. The fourth-order valence-corrected chi connectivity index (χ4v) is 2.87. The molecule has 1 aliphatic carbocycles. The summed E-state index contributed by atoms with van der Waals surface area (Å²) in [4.78, 5) is 27.5. The fraction of sp³-hybridized carbons (Fsp3) is 0.750. The summed E-state index contributed by atoms with van der Waals surface area (Å²) >= 11 is 0. The highest BCUT2D eigenvalue weighted by atomic mass is 16.5. The van der Waals surface area contributed by atoms with Gasteiger partial charge in [0.05, 0.1) is 0 Å². The van der Waals surface area contributed by atoms with Crippen LogP contribution in [-0.2, 0) is 16.0 Å². The second-order valence-electron chi connectivity index (χ2n) is 6.30. The molecule has 7 nitrogen and oxygen atoms in total. The highest BCUT2D eigenvalue weighted by Crippen LogP contribution is 2.32. The van der Waals surface area contributed by atoms with Crippen LogP contribution in [0.3, 0.4) is 0 Å². The number of hydrogen-bond donors (Lipinski definition) is 2. The molecular formula is C16H25N3O4. The highest BCUT2D eigenvalue weighted by molar-refractivity contribution is 5.83. The quantitative estimate of drug-likeness (QED) is 0.760. The zero-order valence-corrected chi connectivity index (χ0v) is 13.7. The Labute approximate surface area is 135 Å². The molecule has 0 aromatic carbocycles. The molecule has 0 bridgehead atoms. The normalized spacial score (nSPS) is 17.8. The molecular weight excluding hydrogens is 298 g/mol. The molecule has 0 aliphatic heterocycles. The maximum atomic E-state index is 12.0. The summed E-state index contributed by atoms with van der Waals surface area (Å²) in [6.07, 6.45) is 5.74. The van der Waals surface area contributed by atoms with E-state index >= 15 is 0 Å². The van der Waals surface area contributed by atoms with Crippen molar-refractivity contribution in [2.45, 2.75) is 70.8 Å². The first-order valence-corrected chi connectivity index (χ1v) is 8.36. The first-order valence-electron chi connectivity index (χ1n) is 8.36. The number of nitrogens with zero attached hydrogens (tertiary/aromatic N) is 2. The van der Waals surface area contributed by atoms with Crippen LogP contribution in [0.5, 0.6) is 0 Å². The molecule has 0 radical (unpaired) electrons. The minimum Gasteiger partial charge on any atom is -0.480 e. The molecule has 0 saturated heterocycles. The van der Waals surface area contributed by atoms with Gasteiger partial charge in [-0.3, -0.25) is 4.79 Å². The number of carboxylic acid groups (broad SMARTS) is 1. The first kappa shape index (κ1) is 17.4. The van der Waals surface area contributed by atoms with Crippen molar-refractivity contribution in [1.29, 1.82) is 0 Å². The third kappa shape index (κ3) is 4.77.